The molecular weight excluding hydrogens is 288 g/mol. The third-order valence-electron chi connectivity index (χ3n) is 2.95. The summed E-state index contributed by atoms with van der Waals surface area (Å²) in [4.78, 5) is 1.17. The predicted octanol–water partition coefficient (Wildman–Crippen LogP) is 4.98. The van der Waals surface area contributed by atoms with Crippen LogP contribution in [-0.4, -0.2) is 11.4 Å². The molecule has 0 aliphatic rings. The second-order valence-electron chi connectivity index (χ2n) is 4.30. The van der Waals surface area contributed by atoms with E-state index in [1.807, 2.05) is 36.6 Å². The van der Waals surface area contributed by atoms with E-state index in [-0.39, 0.29) is 0 Å². The summed E-state index contributed by atoms with van der Waals surface area (Å²) in [7, 11) is 0. The minimum absolute atomic E-state index is 0.459. The Hall–Kier alpha value is -1.45. The summed E-state index contributed by atoms with van der Waals surface area (Å²) in [6, 6.07) is 16.2. The lowest BCUT2D eigenvalue weighted by atomic mass is 10.2. The first-order valence-electron chi connectivity index (χ1n) is 6.45. The topological polar surface area (TPSA) is 24.4 Å². The summed E-state index contributed by atoms with van der Waals surface area (Å²) in [6.45, 7) is 2.14. The zero-order valence-electron chi connectivity index (χ0n) is 11.6. The van der Waals surface area contributed by atoms with Gasteiger partial charge in [0.05, 0.1) is 5.69 Å². The number of hydrazone groups is 1. The van der Waals surface area contributed by atoms with E-state index in [0.29, 0.717) is 5.17 Å². The number of thioether (sulfide) groups is 1. The van der Waals surface area contributed by atoms with Gasteiger partial charge in [-0.25, -0.2) is 0 Å². The second kappa shape index (κ2) is 7.36. The highest BCUT2D eigenvalue weighted by atomic mass is 35.5. The van der Waals surface area contributed by atoms with Gasteiger partial charge in [-0.05, 0) is 42.5 Å². The first kappa shape index (κ1) is 14.9. The van der Waals surface area contributed by atoms with Gasteiger partial charge in [-0.3, -0.25) is 5.43 Å². The number of nitrogens with zero attached hydrogens (tertiary/aromatic N) is 1. The summed E-state index contributed by atoms with van der Waals surface area (Å²) in [5, 5.41) is 4.68. The number of hydrogen-bond donors (Lipinski definition) is 1. The molecule has 2 aromatic carbocycles. The van der Waals surface area contributed by atoms with Gasteiger partial charge in [0.15, 0.2) is 5.17 Å². The molecule has 0 aliphatic carbocycles. The molecule has 0 amide bonds. The molecule has 2 nitrogen and oxygen atoms in total. The Labute approximate surface area is 129 Å². The van der Waals surface area contributed by atoms with Crippen LogP contribution in [0.15, 0.2) is 58.5 Å². The van der Waals surface area contributed by atoms with Crippen LogP contribution in [0.1, 0.15) is 18.1 Å². The van der Waals surface area contributed by atoms with Crippen LogP contribution >= 0.6 is 23.4 Å². The average Bonchev–Trinajstić information content (AvgIpc) is 2.53. The molecule has 2 aromatic rings. The SMILES string of the molecule is CCc1ccc(NN=C(Cl)c2cccc(SC)c2)cc1. The van der Waals surface area contributed by atoms with Crippen LogP contribution in [0, 0.1) is 0 Å². The number of halogens is 1. The molecule has 0 spiro atoms. The summed E-state index contributed by atoms with van der Waals surface area (Å²) in [5.74, 6) is 0. The van der Waals surface area contributed by atoms with Crippen LogP contribution < -0.4 is 5.43 Å². The van der Waals surface area contributed by atoms with E-state index in [9.17, 15) is 0 Å². The molecule has 4 heteroatoms. The van der Waals surface area contributed by atoms with E-state index < -0.39 is 0 Å². The van der Waals surface area contributed by atoms with Gasteiger partial charge in [-0.2, -0.15) is 5.10 Å². The Balaban J connectivity index is 2.09. The molecule has 0 aromatic heterocycles. The van der Waals surface area contributed by atoms with Crippen molar-refractivity contribution in [2.45, 2.75) is 18.2 Å². The zero-order chi connectivity index (χ0) is 14.4. The fourth-order valence-electron chi connectivity index (χ4n) is 1.74. The molecule has 0 heterocycles. The summed E-state index contributed by atoms with van der Waals surface area (Å²) in [6.07, 6.45) is 3.07. The highest BCUT2D eigenvalue weighted by Crippen LogP contribution is 2.18. The number of rotatable bonds is 5. The largest absolute Gasteiger partial charge is 0.277 e. The number of nitrogens with one attached hydrogen (secondary N) is 1. The lowest BCUT2D eigenvalue weighted by Crippen LogP contribution is -1.97. The van der Waals surface area contributed by atoms with Gasteiger partial charge in [0.1, 0.15) is 0 Å². The molecule has 0 aliphatic heterocycles. The van der Waals surface area contributed by atoms with Gasteiger partial charge in [0, 0.05) is 10.5 Å². The van der Waals surface area contributed by atoms with Crippen LogP contribution in [-0.2, 0) is 6.42 Å². The zero-order valence-corrected chi connectivity index (χ0v) is 13.1. The minimum Gasteiger partial charge on any atom is -0.277 e. The van der Waals surface area contributed by atoms with Gasteiger partial charge in [-0.15, -0.1) is 11.8 Å². The van der Waals surface area contributed by atoms with E-state index in [1.165, 1.54) is 10.5 Å². The molecule has 2 rings (SSSR count). The summed E-state index contributed by atoms with van der Waals surface area (Å²) >= 11 is 7.91. The van der Waals surface area contributed by atoms with Crippen LogP contribution in [0.2, 0.25) is 0 Å². The quantitative estimate of drug-likeness (QED) is 0.478. The smallest absolute Gasteiger partial charge is 0.156 e. The highest BCUT2D eigenvalue weighted by Gasteiger charge is 2.01. The molecule has 0 unspecified atom stereocenters. The van der Waals surface area contributed by atoms with Crippen LogP contribution in [0.4, 0.5) is 5.69 Å². The summed E-state index contributed by atoms with van der Waals surface area (Å²) < 4.78 is 0. The number of aryl methyl sites for hydroxylation is 1. The van der Waals surface area contributed by atoms with Crippen molar-refractivity contribution in [3.8, 4) is 0 Å². The van der Waals surface area contributed by atoms with Crippen molar-refractivity contribution in [1.82, 2.24) is 0 Å². The Kier molecular flexibility index (Phi) is 5.50. The lowest BCUT2D eigenvalue weighted by molar-refractivity contribution is 1.14. The molecule has 0 radical (unpaired) electrons. The fourth-order valence-corrected chi connectivity index (χ4v) is 2.36. The molecule has 104 valence electrons. The molecular formula is C16H17ClN2S. The predicted molar refractivity (Wildman–Crippen MR) is 90.1 cm³/mol. The Bertz CT molecular complexity index is 594. The maximum Gasteiger partial charge on any atom is 0.156 e. The van der Waals surface area contributed by atoms with E-state index in [1.54, 1.807) is 11.8 Å². The van der Waals surface area contributed by atoms with Gasteiger partial charge < -0.3 is 0 Å². The lowest BCUT2D eigenvalue weighted by Gasteiger charge is -2.04. The molecule has 20 heavy (non-hydrogen) atoms. The number of anilines is 1. The van der Waals surface area contributed by atoms with Crippen LogP contribution in [0.3, 0.4) is 0 Å². The highest BCUT2D eigenvalue weighted by molar-refractivity contribution is 7.98. The van der Waals surface area contributed by atoms with Crippen molar-refractivity contribution in [1.29, 1.82) is 0 Å². The van der Waals surface area contributed by atoms with Crippen molar-refractivity contribution < 1.29 is 0 Å². The van der Waals surface area contributed by atoms with Crippen molar-refractivity contribution >= 4 is 34.2 Å². The monoisotopic (exact) mass is 304 g/mol. The van der Waals surface area contributed by atoms with Crippen molar-refractivity contribution in [3.05, 3.63) is 59.7 Å². The van der Waals surface area contributed by atoms with Gasteiger partial charge in [0.2, 0.25) is 0 Å². The molecule has 0 saturated heterocycles. The third kappa shape index (κ3) is 4.02. The number of hydrogen-bond acceptors (Lipinski definition) is 3. The number of benzene rings is 2. The van der Waals surface area contributed by atoms with Crippen molar-refractivity contribution in [2.24, 2.45) is 5.10 Å². The maximum absolute atomic E-state index is 6.22. The average molecular weight is 305 g/mol. The van der Waals surface area contributed by atoms with E-state index in [0.717, 1.165) is 17.7 Å². The first-order chi connectivity index (χ1) is 9.72. The normalized spacial score (nSPS) is 11.4. The second-order valence-corrected chi connectivity index (χ2v) is 5.53. The van der Waals surface area contributed by atoms with Crippen LogP contribution in [0.5, 0.6) is 0 Å². The van der Waals surface area contributed by atoms with Gasteiger partial charge in [-0.1, -0.05) is 42.8 Å². The molecule has 0 bridgehead atoms. The first-order valence-corrected chi connectivity index (χ1v) is 8.05. The van der Waals surface area contributed by atoms with Crippen molar-refractivity contribution in [3.63, 3.8) is 0 Å². The Morgan fingerprint density at radius 1 is 1.20 bits per heavy atom. The molecule has 0 saturated carbocycles. The van der Waals surface area contributed by atoms with Crippen molar-refractivity contribution in [2.75, 3.05) is 11.7 Å². The van der Waals surface area contributed by atoms with E-state index >= 15 is 0 Å². The van der Waals surface area contributed by atoms with Crippen LogP contribution in [0.25, 0.3) is 0 Å². The van der Waals surface area contributed by atoms with Gasteiger partial charge in [0.25, 0.3) is 0 Å². The fraction of sp³-hybridized carbons (Fsp3) is 0.188. The Morgan fingerprint density at radius 3 is 2.60 bits per heavy atom. The molecule has 1 N–H and O–H groups in total. The standard InChI is InChI=1S/C16H17ClN2S/c1-3-12-7-9-14(10-8-12)18-19-16(17)13-5-4-6-15(11-13)20-2/h4-11,18H,3H2,1-2H3. The summed E-state index contributed by atoms with van der Waals surface area (Å²) in [5.41, 5.74) is 6.13. The van der Waals surface area contributed by atoms with Gasteiger partial charge >= 0.3 is 0 Å². The Morgan fingerprint density at radius 2 is 1.95 bits per heavy atom. The molecule has 0 fully saturated rings. The molecule has 0 atom stereocenters. The third-order valence-corrected chi connectivity index (χ3v) is 3.98. The van der Waals surface area contributed by atoms with E-state index in [4.69, 9.17) is 11.6 Å². The maximum atomic E-state index is 6.22. The van der Waals surface area contributed by atoms with E-state index in [2.05, 4.69) is 35.7 Å². The minimum atomic E-state index is 0.459.